The zero-order valence-corrected chi connectivity index (χ0v) is 31.5. The van der Waals surface area contributed by atoms with Gasteiger partial charge >= 0.3 is 5.97 Å². The minimum Gasteiger partial charge on any atom is -0.490 e. The monoisotopic (exact) mass is 697 g/mol. The number of fused-ring (bicyclic) bond motifs is 3. The van der Waals surface area contributed by atoms with Gasteiger partial charge in [-0.3, -0.25) is 4.79 Å². The number of anilines is 1. The third-order valence-corrected chi connectivity index (χ3v) is 10.1. The molecule has 1 saturated heterocycles. The van der Waals surface area contributed by atoms with E-state index in [2.05, 4.69) is 79.9 Å². The topological polar surface area (TPSA) is 77.5 Å². The third kappa shape index (κ3) is 9.02. The standard InChI is InChI=1S/C37H39NO5S.C5H12O/c1-23-5-9-27(10-6-23)35-25(3)36-32-14-13-31(19-28(32)21-38(44-4)37(36)24(2)33(35)20-34(39)40)42-22-26-7-11-29(12-8-26)43-30-15-17-41-18-16-30;1-5(2,3)6-4/h5-14,19,30H,15-18,20-22H2,1-4H3,(H,39,40);1-4H3. The van der Waals surface area contributed by atoms with Crippen LogP contribution in [-0.4, -0.2) is 49.4 Å². The van der Waals surface area contributed by atoms with E-state index in [-0.39, 0.29) is 18.1 Å². The van der Waals surface area contributed by atoms with Crippen molar-refractivity contribution in [3.05, 3.63) is 100 Å². The highest BCUT2D eigenvalue weighted by Crippen LogP contribution is 2.50. The molecule has 7 nitrogen and oxygen atoms in total. The first-order valence-corrected chi connectivity index (χ1v) is 18.5. The second-order valence-corrected chi connectivity index (χ2v) is 14.8. The van der Waals surface area contributed by atoms with Crippen molar-refractivity contribution < 1.29 is 28.8 Å². The van der Waals surface area contributed by atoms with Gasteiger partial charge in [0.25, 0.3) is 0 Å². The van der Waals surface area contributed by atoms with Gasteiger partial charge in [0.2, 0.25) is 0 Å². The number of ether oxygens (including phenoxy) is 4. The number of carbonyl (C=O) groups is 1. The fourth-order valence-electron chi connectivity index (χ4n) is 6.41. The van der Waals surface area contributed by atoms with Crippen molar-refractivity contribution in [2.75, 3.05) is 30.9 Å². The van der Waals surface area contributed by atoms with E-state index in [4.69, 9.17) is 18.9 Å². The van der Waals surface area contributed by atoms with Crippen molar-refractivity contribution in [2.45, 2.75) is 85.7 Å². The smallest absolute Gasteiger partial charge is 0.307 e. The number of carboxylic acid groups (broad SMARTS) is 1. The summed E-state index contributed by atoms with van der Waals surface area (Å²) in [7, 11) is 1.71. The van der Waals surface area contributed by atoms with Crippen LogP contribution in [0.4, 0.5) is 5.69 Å². The fraction of sp³-hybridized carbons (Fsp3) is 0.405. The van der Waals surface area contributed by atoms with Gasteiger partial charge in [0, 0.05) is 31.8 Å². The Bertz CT molecular complexity index is 1770. The van der Waals surface area contributed by atoms with E-state index in [1.54, 1.807) is 19.1 Å². The lowest BCUT2D eigenvalue weighted by Gasteiger charge is -2.36. The maximum Gasteiger partial charge on any atom is 0.307 e. The number of methoxy groups -OCH3 is 1. The second-order valence-electron chi connectivity index (χ2n) is 14.0. The van der Waals surface area contributed by atoms with Crippen LogP contribution in [0, 0.1) is 20.8 Å². The third-order valence-electron chi connectivity index (χ3n) is 9.31. The van der Waals surface area contributed by atoms with Crippen molar-refractivity contribution >= 4 is 23.6 Å². The van der Waals surface area contributed by atoms with Crippen LogP contribution >= 0.6 is 11.9 Å². The van der Waals surface area contributed by atoms with Gasteiger partial charge in [0.1, 0.15) is 24.2 Å². The van der Waals surface area contributed by atoms with Crippen LogP contribution in [0.25, 0.3) is 22.3 Å². The summed E-state index contributed by atoms with van der Waals surface area (Å²) in [6, 6.07) is 22.9. The number of hydrogen-bond donors (Lipinski definition) is 1. The molecule has 0 saturated carbocycles. The molecular formula is C42H51NO6S. The summed E-state index contributed by atoms with van der Waals surface area (Å²) >= 11 is 1.66. The molecule has 1 N–H and O–H groups in total. The quantitative estimate of drug-likeness (QED) is 0.173. The van der Waals surface area contributed by atoms with E-state index in [0.717, 1.165) is 82.2 Å². The Morgan fingerprint density at radius 1 is 0.920 bits per heavy atom. The average Bonchev–Trinajstić information content (AvgIpc) is 3.10. The summed E-state index contributed by atoms with van der Waals surface area (Å²) in [4.78, 5) is 12.0. The molecule has 2 aliphatic heterocycles. The number of hydrogen-bond acceptors (Lipinski definition) is 7. The number of aryl methyl sites for hydroxylation is 1. The highest BCUT2D eigenvalue weighted by molar-refractivity contribution is 7.99. The predicted molar refractivity (Wildman–Crippen MR) is 205 cm³/mol. The van der Waals surface area contributed by atoms with E-state index < -0.39 is 5.97 Å². The maximum atomic E-state index is 12.0. The van der Waals surface area contributed by atoms with Crippen LogP contribution < -0.4 is 13.8 Å². The summed E-state index contributed by atoms with van der Waals surface area (Å²) < 4.78 is 25.0. The van der Waals surface area contributed by atoms with Crippen molar-refractivity contribution in [3.8, 4) is 33.8 Å². The zero-order chi connectivity index (χ0) is 36.0. The Kier molecular flexibility index (Phi) is 12.2. The van der Waals surface area contributed by atoms with Crippen molar-refractivity contribution in [2.24, 2.45) is 0 Å². The van der Waals surface area contributed by atoms with Gasteiger partial charge in [0.15, 0.2) is 0 Å². The molecule has 4 aromatic rings. The van der Waals surface area contributed by atoms with Crippen LogP contribution in [0.1, 0.15) is 67.0 Å². The molecule has 50 heavy (non-hydrogen) atoms. The summed E-state index contributed by atoms with van der Waals surface area (Å²) in [5.74, 6) is 0.884. The number of rotatable bonds is 9. The maximum absolute atomic E-state index is 12.0. The van der Waals surface area contributed by atoms with Crippen LogP contribution in [0.15, 0.2) is 66.7 Å². The lowest BCUT2D eigenvalue weighted by atomic mass is 9.81. The Morgan fingerprint density at radius 2 is 1.56 bits per heavy atom. The van der Waals surface area contributed by atoms with Crippen molar-refractivity contribution in [1.82, 2.24) is 0 Å². The largest absolute Gasteiger partial charge is 0.490 e. The number of carboxylic acids is 1. The van der Waals surface area contributed by atoms with E-state index in [0.29, 0.717) is 13.2 Å². The number of benzene rings is 4. The highest BCUT2D eigenvalue weighted by atomic mass is 32.2. The lowest BCUT2D eigenvalue weighted by molar-refractivity contribution is -0.136. The number of nitrogens with zero attached hydrogens (tertiary/aromatic N) is 1. The van der Waals surface area contributed by atoms with Gasteiger partial charge in [-0.1, -0.05) is 60.0 Å². The molecule has 0 unspecified atom stereocenters. The summed E-state index contributed by atoms with van der Waals surface area (Å²) in [5.41, 5.74) is 12.0. The summed E-state index contributed by atoms with van der Waals surface area (Å²) in [6.07, 6.45) is 4.13. The van der Waals surface area contributed by atoms with Gasteiger partial charge in [-0.25, -0.2) is 0 Å². The second kappa shape index (κ2) is 16.4. The van der Waals surface area contributed by atoms with Crippen molar-refractivity contribution in [3.63, 3.8) is 0 Å². The van der Waals surface area contributed by atoms with Crippen molar-refractivity contribution in [1.29, 1.82) is 0 Å². The minimum atomic E-state index is -0.823. The van der Waals surface area contributed by atoms with Crippen LogP contribution in [0.5, 0.6) is 11.5 Å². The van der Waals surface area contributed by atoms with Crippen LogP contribution in [-0.2, 0) is 33.8 Å². The molecule has 0 bridgehead atoms. The Morgan fingerprint density at radius 3 is 2.16 bits per heavy atom. The summed E-state index contributed by atoms with van der Waals surface area (Å²) in [6.45, 7) is 15.0. The van der Waals surface area contributed by atoms with E-state index in [1.807, 2.05) is 39.0 Å². The Hall–Kier alpha value is -3.98. The average molecular weight is 698 g/mol. The molecular weight excluding hydrogens is 647 g/mol. The summed E-state index contributed by atoms with van der Waals surface area (Å²) in [5, 5.41) is 9.88. The molecule has 2 heterocycles. The highest BCUT2D eigenvalue weighted by Gasteiger charge is 2.30. The van der Waals surface area contributed by atoms with Gasteiger partial charge < -0.3 is 28.4 Å². The molecule has 0 atom stereocenters. The Balaban J connectivity index is 0.000000745. The van der Waals surface area contributed by atoms with E-state index in [1.165, 1.54) is 16.7 Å². The molecule has 0 aliphatic carbocycles. The first kappa shape index (κ1) is 37.3. The van der Waals surface area contributed by atoms with E-state index >= 15 is 0 Å². The minimum absolute atomic E-state index is 0.0202. The molecule has 0 amide bonds. The van der Waals surface area contributed by atoms with Gasteiger partial charge in [-0.05, 0) is 110 Å². The molecule has 2 aliphatic rings. The normalized spacial score (nSPS) is 14.3. The first-order chi connectivity index (χ1) is 23.9. The Labute approximate surface area is 302 Å². The SMILES string of the molecule is COC(C)(C)C.CSN1Cc2cc(OCc3ccc(OC4CCOCC4)cc3)ccc2-c2c(C)c(-c3ccc(C)cc3)c(CC(=O)O)c(C)c21. The first-order valence-electron chi connectivity index (χ1n) is 17.3. The molecule has 8 heteroatoms. The zero-order valence-electron chi connectivity index (χ0n) is 30.7. The van der Waals surface area contributed by atoms with E-state index in [9.17, 15) is 9.90 Å². The molecule has 6 rings (SSSR count). The molecule has 0 spiro atoms. The molecule has 0 aromatic heterocycles. The molecule has 266 valence electrons. The van der Waals surface area contributed by atoms with Crippen LogP contribution in [0.3, 0.4) is 0 Å². The number of aliphatic carboxylic acids is 1. The van der Waals surface area contributed by atoms with Crippen LogP contribution in [0.2, 0.25) is 0 Å². The molecule has 0 radical (unpaired) electrons. The van der Waals surface area contributed by atoms with Gasteiger partial charge in [-0.15, -0.1) is 0 Å². The molecule has 4 aromatic carbocycles. The lowest BCUT2D eigenvalue weighted by Crippen LogP contribution is -2.25. The predicted octanol–water partition coefficient (Wildman–Crippen LogP) is 9.74. The van der Waals surface area contributed by atoms with Gasteiger partial charge in [-0.2, -0.15) is 0 Å². The fourth-order valence-corrected chi connectivity index (χ4v) is 7.09. The molecule has 1 fully saturated rings. The van der Waals surface area contributed by atoms with Gasteiger partial charge in [0.05, 0.1) is 37.5 Å².